The van der Waals surface area contributed by atoms with Crippen molar-refractivity contribution in [1.29, 1.82) is 0 Å². The molecule has 6 heteroatoms. The number of carbonyl (C=O) groups is 1. The van der Waals surface area contributed by atoms with Crippen LogP contribution in [0.2, 0.25) is 0 Å². The van der Waals surface area contributed by atoms with Gasteiger partial charge in [0.05, 0.1) is 6.33 Å². The van der Waals surface area contributed by atoms with Gasteiger partial charge in [-0.2, -0.15) is 0 Å². The van der Waals surface area contributed by atoms with Crippen LogP contribution in [0, 0.1) is 5.82 Å². The van der Waals surface area contributed by atoms with E-state index in [1.54, 1.807) is 12.5 Å². The smallest absolute Gasteiger partial charge is 0.261 e. The molecular formula is C16H20FN3O2. The minimum absolute atomic E-state index is 0.155. The molecule has 5 nitrogen and oxygen atoms in total. The highest BCUT2D eigenvalue weighted by Gasteiger charge is 2.17. The zero-order valence-electron chi connectivity index (χ0n) is 12.5. The largest absolute Gasteiger partial charge is 0.481 e. The minimum atomic E-state index is -0.571. The third-order valence-electron chi connectivity index (χ3n) is 3.21. The zero-order valence-corrected chi connectivity index (χ0v) is 12.5. The summed E-state index contributed by atoms with van der Waals surface area (Å²) >= 11 is 0. The molecule has 0 fully saturated rings. The number of aryl methyl sites for hydroxylation is 1. The number of benzene rings is 1. The fourth-order valence-corrected chi connectivity index (χ4v) is 2.01. The van der Waals surface area contributed by atoms with Crippen molar-refractivity contribution in [3.8, 4) is 5.75 Å². The molecule has 1 amide bonds. The van der Waals surface area contributed by atoms with Crippen LogP contribution in [0.1, 0.15) is 19.8 Å². The predicted octanol–water partition coefficient (Wildman–Crippen LogP) is 2.39. The van der Waals surface area contributed by atoms with Crippen LogP contribution in [0.25, 0.3) is 0 Å². The molecule has 1 aromatic heterocycles. The topological polar surface area (TPSA) is 56.1 Å². The van der Waals surface area contributed by atoms with Crippen LogP contribution in [0.5, 0.6) is 5.75 Å². The van der Waals surface area contributed by atoms with Crippen molar-refractivity contribution in [1.82, 2.24) is 14.9 Å². The van der Waals surface area contributed by atoms with Crippen LogP contribution >= 0.6 is 0 Å². The molecule has 0 aliphatic heterocycles. The van der Waals surface area contributed by atoms with E-state index in [2.05, 4.69) is 10.3 Å². The van der Waals surface area contributed by atoms with Crippen LogP contribution in [0.4, 0.5) is 4.39 Å². The number of aromatic nitrogens is 2. The first-order chi connectivity index (χ1) is 10.7. The third kappa shape index (κ3) is 4.87. The highest BCUT2D eigenvalue weighted by molar-refractivity contribution is 5.81. The van der Waals surface area contributed by atoms with Crippen LogP contribution in [-0.4, -0.2) is 28.1 Å². The molecule has 2 aromatic rings. The molecule has 0 aliphatic carbocycles. The number of imidazole rings is 1. The van der Waals surface area contributed by atoms with E-state index >= 15 is 0 Å². The lowest BCUT2D eigenvalue weighted by Crippen LogP contribution is -2.38. The van der Waals surface area contributed by atoms with Crippen molar-refractivity contribution < 1.29 is 13.9 Å². The monoisotopic (exact) mass is 305 g/mol. The average Bonchev–Trinajstić information content (AvgIpc) is 3.04. The molecule has 1 heterocycles. The average molecular weight is 305 g/mol. The molecule has 0 radical (unpaired) electrons. The standard InChI is InChI=1S/C16H20FN3O2/c1-2-15(22-14-6-4-13(17)5-7-14)16(21)19-8-3-10-20-11-9-18-12-20/h4-7,9,11-12,15H,2-3,8,10H2,1H3,(H,19,21)/t15-/m1/s1. The normalized spacial score (nSPS) is 11.9. The van der Waals surface area contributed by atoms with Gasteiger partial charge in [0.1, 0.15) is 11.6 Å². The first-order valence-corrected chi connectivity index (χ1v) is 7.34. The Morgan fingerprint density at radius 1 is 1.41 bits per heavy atom. The molecule has 0 spiro atoms. The van der Waals surface area contributed by atoms with E-state index in [1.807, 2.05) is 17.7 Å². The maximum atomic E-state index is 12.8. The number of carbonyl (C=O) groups excluding carboxylic acids is 1. The molecule has 118 valence electrons. The van der Waals surface area contributed by atoms with Gasteiger partial charge in [0.15, 0.2) is 6.10 Å². The van der Waals surface area contributed by atoms with Crippen LogP contribution in [0.15, 0.2) is 43.0 Å². The zero-order chi connectivity index (χ0) is 15.8. The Morgan fingerprint density at radius 3 is 2.82 bits per heavy atom. The van der Waals surface area contributed by atoms with Gasteiger partial charge in [0, 0.05) is 25.5 Å². The van der Waals surface area contributed by atoms with Crippen molar-refractivity contribution in [2.75, 3.05) is 6.54 Å². The number of nitrogens with zero attached hydrogens (tertiary/aromatic N) is 2. The lowest BCUT2D eigenvalue weighted by molar-refractivity contribution is -0.128. The first kappa shape index (κ1) is 16.0. The molecule has 1 aromatic carbocycles. The Balaban J connectivity index is 1.75. The highest BCUT2D eigenvalue weighted by Crippen LogP contribution is 2.14. The van der Waals surface area contributed by atoms with Gasteiger partial charge < -0.3 is 14.6 Å². The predicted molar refractivity (Wildman–Crippen MR) is 81.0 cm³/mol. The summed E-state index contributed by atoms with van der Waals surface area (Å²) in [6.45, 7) is 3.25. The molecule has 1 atom stereocenters. The quantitative estimate of drug-likeness (QED) is 0.762. The van der Waals surface area contributed by atoms with Gasteiger partial charge in [0.25, 0.3) is 5.91 Å². The summed E-state index contributed by atoms with van der Waals surface area (Å²) in [4.78, 5) is 16.0. The fourth-order valence-electron chi connectivity index (χ4n) is 2.01. The summed E-state index contributed by atoms with van der Waals surface area (Å²) in [7, 11) is 0. The Morgan fingerprint density at radius 2 is 2.18 bits per heavy atom. The van der Waals surface area contributed by atoms with Crippen LogP contribution in [0.3, 0.4) is 0 Å². The summed E-state index contributed by atoms with van der Waals surface area (Å²) in [5.41, 5.74) is 0. The van der Waals surface area contributed by atoms with E-state index in [9.17, 15) is 9.18 Å². The van der Waals surface area contributed by atoms with Crippen molar-refractivity contribution in [3.63, 3.8) is 0 Å². The number of hydrogen-bond acceptors (Lipinski definition) is 3. The van der Waals surface area contributed by atoms with Crippen molar-refractivity contribution >= 4 is 5.91 Å². The van der Waals surface area contributed by atoms with Gasteiger partial charge in [0.2, 0.25) is 0 Å². The Bertz CT molecular complexity index is 570. The van der Waals surface area contributed by atoms with Gasteiger partial charge in [-0.1, -0.05) is 6.92 Å². The summed E-state index contributed by atoms with van der Waals surface area (Å²) in [5.74, 6) is 0.00335. The summed E-state index contributed by atoms with van der Waals surface area (Å²) in [6.07, 6.45) is 6.14. The summed E-state index contributed by atoms with van der Waals surface area (Å²) < 4.78 is 20.4. The van der Waals surface area contributed by atoms with Crippen molar-refractivity contribution in [3.05, 3.63) is 48.8 Å². The summed E-state index contributed by atoms with van der Waals surface area (Å²) in [6, 6.07) is 5.66. The Kier molecular flexibility index (Phi) is 5.94. The molecule has 0 saturated carbocycles. The maximum Gasteiger partial charge on any atom is 0.261 e. The van der Waals surface area contributed by atoms with Crippen LogP contribution < -0.4 is 10.1 Å². The molecule has 22 heavy (non-hydrogen) atoms. The molecule has 2 rings (SSSR count). The number of hydrogen-bond donors (Lipinski definition) is 1. The molecule has 0 unspecified atom stereocenters. The van der Waals surface area contributed by atoms with E-state index in [4.69, 9.17) is 4.74 Å². The van der Waals surface area contributed by atoms with Crippen molar-refractivity contribution in [2.45, 2.75) is 32.4 Å². The number of rotatable bonds is 8. The molecule has 0 aliphatic rings. The molecule has 0 bridgehead atoms. The molecule has 1 N–H and O–H groups in total. The van der Waals surface area contributed by atoms with E-state index in [1.165, 1.54) is 24.3 Å². The first-order valence-electron chi connectivity index (χ1n) is 7.34. The second kappa shape index (κ2) is 8.17. The lowest BCUT2D eigenvalue weighted by atomic mass is 10.2. The molecule has 0 saturated heterocycles. The fraction of sp³-hybridized carbons (Fsp3) is 0.375. The van der Waals surface area contributed by atoms with Crippen molar-refractivity contribution in [2.24, 2.45) is 0 Å². The minimum Gasteiger partial charge on any atom is -0.481 e. The van der Waals surface area contributed by atoms with Gasteiger partial charge in [-0.25, -0.2) is 9.37 Å². The maximum absolute atomic E-state index is 12.8. The van der Waals surface area contributed by atoms with E-state index in [0.29, 0.717) is 18.7 Å². The van der Waals surface area contributed by atoms with E-state index in [-0.39, 0.29) is 11.7 Å². The highest BCUT2D eigenvalue weighted by atomic mass is 19.1. The lowest BCUT2D eigenvalue weighted by Gasteiger charge is -2.17. The Hall–Kier alpha value is -2.37. The van der Waals surface area contributed by atoms with Crippen LogP contribution in [-0.2, 0) is 11.3 Å². The molecular weight excluding hydrogens is 285 g/mol. The second-order valence-electron chi connectivity index (χ2n) is 4.91. The SMILES string of the molecule is CC[C@@H](Oc1ccc(F)cc1)C(=O)NCCCn1ccnc1. The number of ether oxygens (including phenoxy) is 1. The van der Waals surface area contributed by atoms with Gasteiger partial charge in [-0.3, -0.25) is 4.79 Å². The number of halogens is 1. The second-order valence-corrected chi connectivity index (χ2v) is 4.91. The van der Waals surface area contributed by atoms with Gasteiger partial charge in [-0.15, -0.1) is 0 Å². The Labute approximate surface area is 129 Å². The van der Waals surface area contributed by atoms with E-state index in [0.717, 1.165) is 13.0 Å². The van der Waals surface area contributed by atoms with Gasteiger partial charge in [-0.05, 0) is 37.1 Å². The van der Waals surface area contributed by atoms with E-state index < -0.39 is 6.10 Å². The third-order valence-corrected chi connectivity index (χ3v) is 3.21. The summed E-state index contributed by atoms with van der Waals surface area (Å²) in [5, 5.41) is 2.86. The number of nitrogens with one attached hydrogen (secondary N) is 1. The van der Waals surface area contributed by atoms with Gasteiger partial charge >= 0.3 is 0 Å². The number of amides is 1.